The number of phosphoric ester groups is 3. The van der Waals surface area contributed by atoms with Gasteiger partial charge in [-0.25, -0.2) is 33.4 Å². The van der Waals surface area contributed by atoms with Gasteiger partial charge in [-0.3, -0.25) is 37.3 Å². The lowest BCUT2D eigenvalue weighted by Crippen LogP contribution is -2.46. The number of unbranched alkanes of at least 4 members (excludes halogenated alkanes) is 3. The molecule has 2 aromatic rings. The number of imidazole rings is 1. The Labute approximate surface area is 415 Å². The molecule has 3 aliphatic heterocycles. The SMILES string of the molecule is CC(C)(COP(=O)(O)OP(=O)(O)OCC1OC(n2cnc3c(N)ncnc32)C(O)C1OP(=O)(O)O)C(O)C(=O)NCCC(=O)NCCSC(=O)CCCCCNC(=O)CCCCC1SCC2NC(=O)NC21. The summed E-state index contributed by atoms with van der Waals surface area (Å²) in [5.41, 5.74) is 4.24. The molecule has 34 heteroatoms. The van der Waals surface area contributed by atoms with E-state index in [9.17, 15) is 67.5 Å². The molecule has 0 spiro atoms. The molecular formula is C37H61N10O19P3S2. The van der Waals surface area contributed by atoms with E-state index in [0.29, 0.717) is 36.8 Å². The zero-order valence-electron chi connectivity index (χ0n) is 38.6. The number of ether oxygens (including phenoxy) is 1. The van der Waals surface area contributed by atoms with Gasteiger partial charge in [0.1, 0.15) is 36.3 Å². The Morgan fingerprint density at radius 2 is 1.65 bits per heavy atom. The van der Waals surface area contributed by atoms with E-state index in [0.717, 1.165) is 66.8 Å². The van der Waals surface area contributed by atoms with Gasteiger partial charge in [0.2, 0.25) is 17.7 Å². The Balaban J connectivity index is 0.903. The molecule has 0 saturated carbocycles. The zero-order valence-corrected chi connectivity index (χ0v) is 42.9. The summed E-state index contributed by atoms with van der Waals surface area (Å²) >= 11 is 2.92. The Morgan fingerprint density at radius 3 is 2.39 bits per heavy atom. The normalized spacial score (nSPS) is 24.3. The van der Waals surface area contributed by atoms with Gasteiger partial charge in [0.05, 0.1) is 31.6 Å². The van der Waals surface area contributed by atoms with Crippen LogP contribution < -0.4 is 32.3 Å². The average molecular weight is 1110 g/mol. The predicted octanol–water partition coefficient (Wildman–Crippen LogP) is 0.0671. The Morgan fingerprint density at radius 1 is 0.944 bits per heavy atom. The number of phosphoric acid groups is 3. The summed E-state index contributed by atoms with van der Waals surface area (Å²) in [5.74, 6) is -0.287. The first kappa shape index (κ1) is 58.5. The highest BCUT2D eigenvalue weighted by Gasteiger charge is 2.50. The molecule has 10 unspecified atom stereocenters. The second kappa shape index (κ2) is 26.2. The summed E-state index contributed by atoms with van der Waals surface area (Å²) in [6, 6.07) is 0.235. The van der Waals surface area contributed by atoms with Gasteiger partial charge >= 0.3 is 29.5 Å². The summed E-state index contributed by atoms with van der Waals surface area (Å²) < 4.78 is 62.4. The van der Waals surface area contributed by atoms with Crippen molar-refractivity contribution in [1.29, 1.82) is 0 Å². The Bertz CT molecular complexity index is 2330. The van der Waals surface area contributed by atoms with Crippen molar-refractivity contribution in [3.05, 3.63) is 12.7 Å². The zero-order chi connectivity index (χ0) is 52.1. The molecule has 0 aliphatic carbocycles. The largest absolute Gasteiger partial charge is 0.481 e. The van der Waals surface area contributed by atoms with Gasteiger partial charge in [0.25, 0.3) is 0 Å². The molecule has 3 saturated heterocycles. The van der Waals surface area contributed by atoms with Crippen LogP contribution in [-0.4, -0.2) is 164 Å². The van der Waals surface area contributed by atoms with E-state index >= 15 is 0 Å². The number of nitrogen functional groups attached to an aromatic ring is 1. The maximum atomic E-state index is 12.7. The van der Waals surface area contributed by atoms with E-state index in [1.807, 2.05) is 11.8 Å². The number of urea groups is 1. The maximum absolute atomic E-state index is 12.7. The smallest absolute Gasteiger partial charge is 0.386 e. The van der Waals surface area contributed by atoms with Crippen molar-refractivity contribution in [2.45, 2.75) is 120 Å². The number of nitrogens with one attached hydrogen (secondary N) is 5. The number of rotatable bonds is 30. The van der Waals surface area contributed by atoms with Crippen LogP contribution in [0.2, 0.25) is 0 Å². The van der Waals surface area contributed by atoms with Gasteiger partial charge in [-0.15, -0.1) is 0 Å². The number of hydrogen-bond acceptors (Lipinski definition) is 21. The first-order valence-corrected chi connectivity index (χ1v) is 28.9. The Kier molecular flexibility index (Phi) is 21.6. The van der Waals surface area contributed by atoms with Crippen molar-refractivity contribution in [1.82, 2.24) is 46.1 Å². The molecule has 5 amide bonds. The van der Waals surface area contributed by atoms with Crippen LogP contribution in [0.15, 0.2) is 12.7 Å². The van der Waals surface area contributed by atoms with Crippen molar-refractivity contribution in [3.8, 4) is 0 Å². The first-order valence-electron chi connectivity index (χ1n) is 22.3. The van der Waals surface area contributed by atoms with Crippen molar-refractivity contribution < 1.29 is 90.1 Å². The van der Waals surface area contributed by atoms with Crippen LogP contribution in [-0.2, 0) is 55.5 Å². The summed E-state index contributed by atoms with van der Waals surface area (Å²) in [7, 11) is -16.5. The number of amides is 5. The molecule has 400 valence electrons. The molecule has 5 heterocycles. The fraction of sp³-hybridized carbons (Fsp3) is 0.730. The van der Waals surface area contributed by atoms with Crippen LogP contribution in [0, 0.1) is 5.41 Å². The van der Waals surface area contributed by atoms with Gasteiger partial charge in [0.15, 0.2) is 22.8 Å². The van der Waals surface area contributed by atoms with Crippen LogP contribution in [0.1, 0.15) is 77.9 Å². The van der Waals surface area contributed by atoms with Gasteiger partial charge < -0.3 is 66.8 Å². The minimum atomic E-state index is -5.59. The second-order valence-electron chi connectivity index (χ2n) is 17.3. The lowest BCUT2D eigenvalue weighted by atomic mass is 9.87. The third kappa shape index (κ3) is 18.2. The molecule has 2 aromatic heterocycles. The van der Waals surface area contributed by atoms with Crippen molar-refractivity contribution in [2.75, 3.05) is 50.1 Å². The van der Waals surface area contributed by atoms with Crippen LogP contribution in [0.5, 0.6) is 0 Å². The van der Waals surface area contributed by atoms with Crippen molar-refractivity contribution in [2.24, 2.45) is 5.41 Å². The third-order valence-corrected chi connectivity index (χ3v) is 16.8. The topological polar surface area (TPSA) is 434 Å². The minimum Gasteiger partial charge on any atom is -0.386 e. The lowest BCUT2D eigenvalue weighted by Gasteiger charge is -2.30. The number of thioether (sulfide) groups is 2. The van der Waals surface area contributed by atoms with Gasteiger partial charge in [-0.2, -0.15) is 16.1 Å². The molecule has 13 N–H and O–H groups in total. The average Bonchev–Trinajstić information content (AvgIpc) is 4.06. The molecule has 71 heavy (non-hydrogen) atoms. The highest BCUT2D eigenvalue weighted by atomic mass is 32.2. The number of carbonyl (C=O) groups excluding carboxylic acids is 5. The molecule has 3 aliphatic rings. The van der Waals surface area contributed by atoms with Gasteiger partial charge in [-0.05, 0) is 25.7 Å². The van der Waals surface area contributed by atoms with Crippen LogP contribution in [0.3, 0.4) is 0 Å². The number of carbonyl (C=O) groups is 5. The lowest BCUT2D eigenvalue weighted by molar-refractivity contribution is -0.137. The van der Waals surface area contributed by atoms with Crippen molar-refractivity contribution >= 4 is 92.8 Å². The predicted molar refractivity (Wildman–Crippen MR) is 253 cm³/mol. The summed E-state index contributed by atoms with van der Waals surface area (Å²) in [6.45, 7) is 0.922. The van der Waals surface area contributed by atoms with E-state index in [1.165, 1.54) is 13.8 Å². The van der Waals surface area contributed by atoms with Crippen molar-refractivity contribution in [3.63, 3.8) is 0 Å². The van der Waals surface area contributed by atoms with E-state index in [2.05, 4.69) is 50.4 Å². The highest BCUT2D eigenvalue weighted by Crippen LogP contribution is 2.61. The molecule has 10 atom stereocenters. The van der Waals surface area contributed by atoms with Gasteiger partial charge in [-0.1, -0.05) is 38.5 Å². The van der Waals surface area contributed by atoms with Gasteiger partial charge in [0, 0.05) is 61.1 Å². The molecule has 29 nitrogen and oxygen atoms in total. The number of anilines is 1. The summed E-state index contributed by atoms with van der Waals surface area (Å²) in [6.07, 6.45) is -1.47. The number of fused-ring (bicyclic) bond motifs is 2. The van der Waals surface area contributed by atoms with Crippen LogP contribution in [0.25, 0.3) is 11.2 Å². The number of aliphatic hydroxyl groups excluding tert-OH is 2. The number of nitrogens with two attached hydrogens (primary N) is 1. The van der Waals surface area contributed by atoms with Crippen LogP contribution >= 0.6 is 47.0 Å². The number of hydrogen-bond donors (Lipinski definition) is 12. The molecule has 0 aromatic carbocycles. The van der Waals surface area contributed by atoms with E-state index in [-0.39, 0.29) is 65.6 Å². The number of aliphatic hydroxyl groups is 2. The highest BCUT2D eigenvalue weighted by molar-refractivity contribution is 8.13. The Hall–Kier alpha value is -3.35. The summed E-state index contributed by atoms with van der Waals surface area (Å²) in [4.78, 5) is 112. The fourth-order valence-electron chi connectivity index (χ4n) is 7.53. The molecule has 5 rings (SSSR count). The quantitative estimate of drug-likeness (QED) is 0.0280. The van der Waals surface area contributed by atoms with E-state index in [4.69, 9.17) is 19.5 Å². The second-order valence-corrected chi connectivity index (χ2v) is 24.0. The summed E-state index contributed by atoms with van der Waals surface area (Å²) in [5, 5.41) is 35.7. The molecule has 3 fully saturated rings. The third-order valence-electron chi connectivity index (χ3n) is 11.2. The maximum Gasteiger partial charge on any atom is 0.481 e. The number of nitrogens with zero attached hydrogens (tertiary/aromatic N) is 4. The first-order chi connectivity index (χ1) is 33.3. The molecular weight excluding hydrogens is 1050 g/mol. The monoisotopic (exact) mass is 1110 g/mol. The molecule has 0 bridgehead atoms. The van der Waals surface area contributed by atoms with Crippen LogP contribution in [0.4, 0.5) is 10.6 Å². The minimum absolute atomic E-state index is 0.00616. The number of aromatic nitrogens is 4. The standard InChI is InChI=1S/C37H61N10O19P3S2/c1-37(2,18-63-69(60,61)66-68(58,59)62-16-22-30(65-67(55,56)57)29(51)35(64-22)47-20-44-28-32(38)42-19-43-33(28)47)31(52)34(53)41-13-11-25(49)40-14-15-70-26(50)10-4-3-7-12-39-24(48)9-6-5-8-23-27-21(17-71-23)45-36(54)46-27/h19-23,27,29-31,35,51-52H,3-18H2,1-2H3,(H,39,48)(H,40,49)(H,41,53)(H,58,59)(H,60,61)(H2,38,42,43)(H2,45,46,54)(H2,55,56,57). The fourth-order valence-corrected chi connectivity index (χ4v) is 12.6. The van der Waals surface area contributed by atoms with E-state index < -0.39 is 84.6 Å². The van der Waals surface area contributed by atoms with E-state index in [1.54, 1.807) is 0 Å². The molecule has 0 radical (unpaired) electrons.